The lowest BCUT2D eigenvalue weighted by Gasteiger charge is -2.08. The number of nitrogens with zero attached hydrogens (tertiary/aromatic N) is 1. The predicted octanol–water partition coefficient (Wildman–Crippen LogP) is 6.01. The number of aryl methyl sites for hydroxylation is 1. The third-order valence-corrected chi connectivity index (χ3v) is 4.93. The maximum absolute atomic E-state index is 13.9. The summed E-state index contributed by atoms with van der Waals surface area (Å²) in [5.74, 6) is -4.72. The summed E-state index contributed by atoms with van der Waals surface area (Å²) in [6.07, 6.45) is 4.36. The molecule has 0 bridgehead atoms. The van der Waals surface area contributed by atoms with Gasteiger partial charge in [0.15, 0.2) is 11.6 Å². The lowest BCUT2D eigenvalue weighted by molar-refractivity contribution is 0.0725. The number of rotatable bonds is 8. The van der Waals surface area contributed by atoms with E-state index in [0.717, 1.165) is 43.4 Å². The van der Waals surface area contributed by atoms with Crippen molar-refractivity contribution in [2.24, 2.45) is 0 Å². The first-order valence-electron chi connectivity index (χ1n) is 10.4. The standard InChI is InChI=1S/C26H21F2NO4/c1-2-3-4-5-17-6-8-18(9-7-17)25(30)32-21-13-10-19(11-14-21)26(31)33-22-15-12-20(16-29)23(27)24(22)28/h6-15H,2-5H2,1H3. The Hall–Kier alpha value is -4.05. The molecule has 0 spiro atoms. The Morgan fingerprint density at radius 2 is 1.42 bits per heavy atom. The number of ether oxygens (including phenoxy) is 2. The molecule has 0 aromatic heterocycles. The van der Waals surface area contributed by atoms with Crippen molar-refractivity contribution in [3.63, 3.8) is 0 Å². The molecule has 0 atom stereocenters. The molecule has 5 nitrogen and oxygen atoms in total. The largest absolute Gasteiger partial charge is 0.423 e. The maximum atomic E-state index is 13.9. The van der Waals surface area contributed by atoms with E-state index in [4.69, 9.17) is 14.7 Å². The number of carbonyl (C=O) groups is 2. The Bertz CT molecular complexity index is 1180. The summed E-state index contributed by atoms with van der Waals surface area (Å²) in [6, 6.07) is 16.2. The highest BCUT2D eigenvalue weighted by Crippen LogP contribution is 2.24. The molecular weight excluding hydrogens is 428 g/mol. The van der Waals surface area contributed by atoms with Crippen molar-refractivity contribution >= 4 is 11.9 Å². The summed E-state index contributed by atoms with van der Waals surface area (Å²) in [6.45, 7) is 2.14. The Balaban J connectivity index is 1.61. The minimum Gasteiger partial charge on any atom is -0.423 e. The van der Waals surface area contributed by atoms with E-state index in [-0.39, 0.29) is 11.3 Å². The zero-order valence-corrected chi connectivity index (χ0v) is 17.9. The molecule has 3 rings (SSSR count). The zero-order valence-electron chi connectivity index (χ0n) is 17.9. The molecule has 3 aromatic rings. The van der Waals surface area contributed by atoms with Crippen LogP contribution in [0.1, 0.15) is 58.0 Å². The van der Waals surface area contributed by atoms with Gasteiger partial charge in [0.05, 0.1) is 16.7 Å². The van der Waals surface area contributed by atoms with Gasteiger partial charge in [0, 0.05) is 0 Å². The lowest BCUT2D eigenvalue weighted by Crippen LogP contribution is -2.11. The Kier molecular flexibility index (Phi) is 7.87. The van der Waals surface area contributed by atoms with Gasteiger partial charge in [-0.1, -0.05) is 31.9 Å². The predicted molar refractivity (Wildman–Crippen MR) is 117 cm³/mol. The topological polar surface area (TPSA) is 76.4 Å². The number of unbranched alkanes of at least 4 members (excludes halogenated alkanes) is 2. The Labute approximate surface area is 190 Å². The zero-order chi connectivity index (χ0) is 23.8. The summed E-state index contributed by atoms with van der Waals surface area (Å²) >= 11 is 0. The number of hydrogen-bond donors (Lipinski definition) is 0. The van der Waals surface area contributed by atoms with Gasteiger partial charge in [0.25, 0.3) is 0 Å². The molecule has 0 aliphatic carbocycles. The molecule has 0 unspecified atom stereocenters. The van der Waals surface area contributed by atoms with Gasteiger partial charge in [-0.15, -0.1) is 0 Å². The van der Waals surface area contributed by atoms with E-state index in [1.54, 1.807) is 12.1 Å². The van der Waals surface area contributed by atoms with Gasteiger partial charge in [0.1, 0.15) is 11.8 Å². The van der Waals surface area contributed by atoms with Crippen LogP contribution in [0.3, 0.4) is 0 Å². The van der Waals surface area contributed by atoms with Crippen molar-refractivity contribution in [3.8, 4) is 17.6 Å². The molecule has 0 aliphatic heterocycles. The van der Waals surface area contributed by atoms with Crippen LogP contribution >= 0.6 is 0 Å². The molecule has 0 aliphatic rings. The number of halogens is 2. The van der Waals surface area contributed by atoms with Crippen molar-refractivity contribution in [3.05, 3.63) is 94.6 Å². The van der Waals surface area contributed by atoms with E-state index >= 15 is 0 Å². The molecule has 0 fully saturated rings. The highest BCUT2D eigenvalue weighted by molar-refractivity contribution is 5.92. The molecule has 0 N–H and O–H groups in total. The molecule has 0 amide bonds. The van der Waals surface area contributed by atoms with Crippen LogP contribution in [0.4, 0.5) is 8.78 Å². The minimum absolute atomic E-state index is 0.0374. The smallest absolute Gasteiger partial charge is 0.343 e. The Morgan fingerprint density at radius 1 is 0.818 bits per heavy atom. The SMILES string of the molecule is CCCCCc1ccc(C(=O)Oc2ccc(C(=O)Oc3ccc(C#N)c(F)c3F)cc2)cc1. The highest BCUT2D eigenvalue weighted by Gasteiger charge is 2.18. The highest BCUT2D eigenvalue weighted by atomic mass is 19.2. The molecular formula is C26H21F2NO4. The van der Waals surface area contributed by atoms with Gasteiger partial charge >= 0.3 is 11.9 Å². The number of hydrogen-bond acceptors (Lipinski definition) is 5. The third kappa shape index (κ3) is 6.01. The van der Waals surface area contributed by atoms with Crippen LogP contribution < -0.4 is 9.47 Å². The molecule has 33 heavy (non-hydrogen) atoms. The van der Waals surface area contributed by atoms with E-state index < -0.39 is 34.9 Å². The molecule has 0 radical (unpaired) electrons. The van der Waals surface area contributed by atoms with Crippen molar-refractivity contribution < 1.29 is 27.8 Å². The molecule has 0 saturated heterocycles. The van der Waals surface area contributed by atoms with Crippen molar-refractivity contribution in [2.75, 3.05) is 0 Å². The quantitative estimate of drug-likeness (QED) is 0.239. The molecule has 168 valence electrons. The van der Waals surface area contributed by atoms with Crippen LogP contribution in [-0.2, 0) is 6.42 Å². The second-order valence-corrected chi connectivity index (χ2v) is 7.31. The van der Waals surface area contributed by atoms with Gasteiger partial charge in [-0.25, -0.2) is 14.0 Å². The fraction of sp³-hybridized carbons (Fsp3) is 0.192. The minimum atomic E-state index is -1.43. The number of nitriles is 1. The summed E-state index contributed by atoms with van der Waals surface area (Å²) < 4.78 is 37.8. The third-order valence-electron chi connectivity index (χ3n) is 4.93. The molecule has 3 aromatic carbocycles. The van der Waals surface area contributed by atoms with E-state index in [1.165, 1.54) is 30.3 Å². The number of esters is 2. The summed E-state index contributed by atoms with van der Waals surface area (Å²) in [5, 5.41) is 8.71. The molecule has 0 heterocycles. The average Bonchev–Trinajstić information content (AvgIpc) is 2.83. The van der Waals surface area contributed by atoms with E-state index in [0.29, 0.717) is 5.56 Å². The van der Waals surface area contributed by atoms with Crippen molar-refractivity contribution in [2.45, 2.75) is 32.6 Å². The summed E-state index contributed by atoms with van der Waals surface area (Å²) in [5.41, 5.74) is 1.09. The fourth-order valence-electron chi connectivity index (χ4n) is 3.07. The van der Waals surface area contributed by atoms with Crippen LogP contribution in [0.25, 0.3) is 0 Å². The maximum Gasteiger partial charge on any atom is 0.343 e. The molecule has 0 saturated carbocycles. The number of benzene rings is 3. The van der Waals surface area contributed by atoms with Crippen LogP contribution in [0.2, 0.25) is 0 Å². The fourth-order valence-corrected chi connectivity index (χ4v) is 3.07. The normalized spacial score (nSPS) is 10.4. The van der Waals surface area contributed by atoms with Crippen molar-refractivity contribution in [1.82, 2.24) is 0 Å². The van der Waals surface area contributed by atoms with Gasteiger partial charge in [-0.3, -0.25) is 0 Å². The number of carbonyl (C=O) groups excluding carboxylic acids is 2. The second-order valence-electron chi connectivity index (χ2n) is 7.31. The summed E-state index contributed by atoms with van der Waals surface area (Å²) in [7, 11) is 0. The van der Waals surface area contributed by atoms with Gasteiger partial charge in [0.2, 0.25) is 5.82 Å². The first-order chi connectivity index (χ1) is 15.9. The van der Waals surface area contributed by atoms with Crippen LogP contribution in [0, 0.1) is 23.0 Å². The van der Waals surface area contributed by atoms with Gasteiger partial charge in [-0.2, -0.15) is 9.65 Å². The first kappa shape index (κ1) is 23.6. The van der Waals surface area contributed by atoms with Crippen LogP contribution in [0.15, 0.2) is 60.7 Å². The second kappa shape index (κ2) is 11.0. The van der Waals surface area contributed by atoms with Crippen LogP contribution in [-0.4, -0.2) is 11.9 Å². The summed E-state index contributed by atoms with van der Waals surface area (Å²) in [4.78, 5) is 24.6. The molecule has 7 heteroatoms. The van der Waals surface area contributed by atoms with E-state index in [9.17, 15) is 18.4 Å². The van der Waals surface area contributed by atoms with E-state index in [1.807, 2.05) is 12.1 Å². The lowest BCUT2D eigenvalue weighted by atomic mass is 10.1. The monoisotopic (exact) mass is 449 g/mol. The first-order valence-corrected chi connectivity index (χ1v) is 10.4. The van der Waals surface area contributed by atoms with Gasteiger partial charge < -0.3 is 9.47 Å². The average molecular weight is 449 g/mol. The Morgan fingerprint density at radius 3 is 2.03 bits per heavy atom. The van der Waals surface area contributed by atoms with E-state index in [2.05, 4.69) is 6.92 Å². The van der Waals surface area contributed by atoms with Crippen LogP contribution in [0.5, 0.6) is 11.5 Å². The van der Waals surface area contributed by atoms with Crippen molar-refractivity contribution in [1.29, 1.82) is 5.26 Å². The van der Waals surface area contributed by atoms with Gasteiger partial charge in [-0.05, 0) is 66.9 Å².